The lowest BCUT2D eigenvalue weighted by atomic mass is 10.1. The summed E-state index contributed by atoms with van der Waals surface area (Å²) in [6.45, 7) is 0.374. The smallest absolute Gasteiger partial charge is 0.131 e. The van der Waals surface area contributed by atoms with E-state index in [2.05, 4.69) is 0 Å². The highest BCUT2D eigenvalue weighted by Crippen LogP contribution is 2.11. The number of halogens is 1. The minimum atomic E-state index is -0.399. The topological polar surface area (TPSA) is 49.8 Å². The van der Waals surface area contributed by atoms with Crippen LogP contribution in [0.3, 0.4) is 0 Å². The van der Waals surface area contributed by atoms with Crippen LogP contribution in [-0.4, -0.2) is 6.54 Å². The van der Waals surface area contributed by atoms with Crippen molar-refractivity contribution in [3.8, 4) is 6.07 Å². The summed E-state index contributed by atoms with van der Waals surface area (Å²) in [7, 11) is 0. The fraction of sp³-hybridized carbons (Fsp3) is 0.100. The second-order valence-corrected chi connectivity index (χ2v) is 2.49. The molecule has 0 saturated heterocycles. The van der Waals surface area contributed by atoms with E-state index >= 15 is 0 Å². The van der Waals surface area contributed by atoms with E-state index in [1.54, 1.807) is 24.3 Å². The first-order valence-electron chi connectivity index (χ1n) is 3.84. The van der Waals surface area contributed by atoms with E-state index in [1.807, 2.05) is 6.07 Å². The van der Waals surface area contributed by atoms with Gasteiger partial charge in [0.1, 0.15) is 5.82 Å². The van der Waals surface area contributed by atoms with Crippen molar-refractivity contribution in [2.45, 2.75) is 0 Å². The Morgan fingerprint density at radius 2 is 2.31 bits per heavy atom. The zero-order valence-corrected chi connectivity index (χ0v) is 7.00. The molecule has 3 heteroatoms. The Balaban J connectivity index is 3.00. The summed E-state index contributed by atoms with van der Waals surface area (Å²) in [6, 6.07) is 6.19. The van der Waals surface area contributed by atoms with Crippen LogP contribution in [-0.2, 0) is 0 Å². The minimum absolute atomic E-state index is 0.322. The van der Waals surface area contributed by atoms with Gasteiger partial charge in [0, 0.05) is 12.1 Å². The lowest BCUT2D eigenvalue weighted by Crippen LogP contribution is -1.92. The highest BCUT2D eigenvalue weighted by molar-refractivity contribution is 5.52. The Morgan fingerprint density at radius 3 is 2.85 bits per heavy atom. The minimum Gasteiger partial charge on any atom is -0.327 e. The molecule has 0 aliphatic carbocycles. The van der Waals surface area contributed by atoms with Gasteiger partial charge in [-0.3, -0.25) is 0 Å². The number of hydrogen-bond acceptors (Lipinski definition) is 2. The van der Waals surface area contributed by atoms with Gasteiger partial charge in [0.05, 0.1) is 11.6 Å². The SMILES string of the molecule is N#Cc1ccc(C=CCN)c(F)c1. The van der Waals surface area contributed by atoms with Crippen molar-refractivity contribution < 1.29 is 4.39 Å². The van der Waals surface area contributed by atoms with Crippen LogP contribution >= 0.6 is 0 Å². The first kappa shape index (κ1) is 9.43. The van der Waals surface area contributed by atoms with Gasteiger partial charge in [0.2, 0.25) is 0 Å². The molecule has 0 aromatic heterocycles. The van der Waals surface area contributed by atoms with Crippen molar-refractivity contribution in [1.82, 2.24) is 0 Å². The Bertz CT molecular complexity index is 364. The molecule has 0 fully saturated rings. The van der Waals surface area contributed by atoms with Crippen molar-refractivity contribution in [2.24, 2.45) is 5.73 Å². The molecule has 0 amide bonds. The molecule has 0 aliphatic heterocycles. The third kappa shape index (κ3) is 2.39. The zero-order chi connectivity index (χ0) is 9.68. The molecule has 0 radical (unpaired) electrons. The predicted molar refractivity (Wildman–Crippen MR) is 49.2 cm³/mol. The number of nitriles is 1. The van der Waals surface area contributed by atoms with Crippen LogP contribution in [0, 0.1) is 17.1 Å². The monoisotopic (exact) mass is 176 g/mol. The van der Waals surface area contributed by atoms with Crippen LogP contribution < -0.4 is 5.73 Å². The molecule has 13 heavy (non-hydrogen) atoms. The second-order valence-electron chi connectivity index (χ2n) is 2.49. The molecule has 0 atom stereocenters. The number of benzene rings is 1. The molecule has 1 aromatic carbocycles. The lowest BCUT2D eigenvalue weighted by molar-refractivity contribution is 0.624. The third-order valence-electron chi connectivity index (χ3n) is 1.56. The predicted octanol–water partition coefficient (Wildman–Crippen LogP) is 1.67. The molecule has 0 unspecified atom stereocenters. The van der Waals surface area contributed by atoms with E-state index in [-0.39, 0.29) is 0 Å². The van der Waals surface area contributed by atoms with Gasteiger partial charge in [-0.1, -0.05) is 18.2 Å². The number of nitrogens with two attached hydrogens (primary N) is 1. The van der Waals surface area contributed by atoms with Gasteiger partial charge in [-0.05, 0) is 12.1 Å². The summed E-state index contributed by atoms with van der Waals surface area (Å²) >= 11 is 0. The Kier molecular flexibility index (Phi) is 3.18. The highest BCUT2D eigenvalue weighted by Gasteiger charge is 1.98. The summed E-state index contributed by atoms with van der Waals surface area (Å²) in [5.41, 5.74) is 5.99. The fourth-order valence-electron chi connectivity index (χ4n) is 0.927. The van der Waals surface area contributed by atoms with Gasteiger partial charge < -0.3 is 5.73 Å². The van der Waals surface area contributed by atoms with Crippen molar-refractivity contribution >= 4 is 6.08 Å². The van der Waals surface area contributed by atoms with Crippen LogP contribution in [0.1, 0.15) is 11.1 Å². The lowest BCUT2D eigenvalue weighted by Gasteiger charge is -1.96. The Labute approximate surface area is 76.1 Å². The second kappa shape index (κ2) is 4.39. The normalized spacial score (nSPS) is 10.2. The maximum absolute atomic E-state index is 13.1. The molecular weight excluding hydrogens is 167 g/mol. The third-order valence-corrected chi connectivity index (χ3v) is 1.56. The van der Waals surface area contributed by atoms with E-state index in [0.29, 0.717) is 17.7 Å². The van der Waals surface area contributed by atoms with Crippen LogP contribution in [0.4, 0.5) is 4.39 Å². The van der Waals surface area contributed by atoms with Gasteiger partial charge in [-0.2, -0.15) is 5.26 Å². The highest BCUT2D eigenvalue weighted by atomic mass is 19.1. The molecule has 66 valence electrons. The van der Waals surface area contributed by atoms with E-state index in [1.165, 1.54) is 6.07 Å². The maximum Gasteiger partial charge on any atom is 0.131 e. The summed E-state index contributed by atoms with van der Waals surface area (Å²) in [4.78, 5) is 0. The summed E-state index contributed by atoms with van der Waals surface area (Å²) in [5, 5.41) is 8.47. The molecule has 2 N–H and O–H groups in total. The summed E-state index contributed by atoms with van der Waals surface area (Å²) in [6.07, 6.45) is 3.25. The fourth-order valence-corrected chi connectivity index (χ4v) is 0.927. The van der Waals surface area contributed by atoms with Crippen LogP contribution in [0.15, 0.2) is 24.3 Å². The molecule has 0 saturated carbocycles. The largest absolute Gasteiger partial charge is 0.327 e. The van der Waals surface area contributed by atoms with Gasteiger partial charge in [-0.15, -0.1) is 0 Å². The summed E-state index contributed by atoms with van der Waals surface area (Å²) in [5.74, 6) is -0.399. The molecular formula is C10H9FN2. The first-order valence-corrected chi connectivity index (χ1v) is 3.84. The molecule has 0 spiro atoms. The van der Waals surface area contributed by atoms with Gasteiger partial charge in [0.15, 0.2) is 0 Å². The van der Waals surface area contributed by atoms with Crippen molar-refractivity contribution in [1.29, 1.82) is 5.26 Å². The maximum atomic E-state index is 13.1. The average molecular weight is 176 g/mol. The molecule has 0 heterocycles. The number of rotatable bonds is 2. The quantitative estimate of drug-likeness (QED) is 0.745. The van der Waals surface area contributed by atoms with Gasteiger partial charge in [0.25, 0.3) is 0 Å². The molecule has 0 aliphatic rings. The van der Waals surface area contributed by atoms with E-state index < -0.39 is 5.82 Å². The van der Waals surface area contributed by atoms with Crippen LogP contribution in [0.5, 0.6) is 0 Å². The average Bonchev–Trinajstić information content (AvgIpc) is 2.16. The van der Waals surface area contributed by atoms with E-state index in [4.69, 9.17) is 11.0 Å². The Morgan fingerprint density at radius 1 is 1.54 bits per heavy atom. The van der Waals surface area contributed by atoms with Crippen molar-refractivity contribution in [2.75, 3.05) is 6.54 Å². The molecule has 2 nitrogen and oxygen atoms in total. The molecule has 1 rings (SSSR count). The molecule has 0 bridgehead atoms. The first-order chi connectivity index (χ1) is 6.27. The molecule has 1 aromatic rings. The summed E-state index contributed by atoms with van der Waals surface area (Å²) < 4.78 is 13.1. The van der Waals surface area contributed by atoms with Crippen molar-refractivity contribution in [3.63, 3.8) is 0 Å². The zero-order valence-electron chi connectivity index (χ0n) is 7.00. The Hall–Kier alpha value is -1.66. The van der Waals surface area contributed by atoms with Crippen molar-refractivity contribution in [3.05, 3.63) is 41.2 Å². The van der Waals surface area contributed by atoms with Crippen LogP contribution in [0.25, 0.3) is 6.08 Å². The van der Waals surface area contributed by atoms with Crippen LogP contribution in [0.2, 0.25) is 0 Å². The standard InChI is InChI=1S/C10H9FN2/c11-10-6-8(7-13)3-4-9(10)2-1-5-12/h1-4,6H,5,12H2. The number of hydrogen-bond donors (Lipinski definition) is 1. The van der Waals surface area contributed by atoms with Gasteiger partial charge in [-0.25, -0.2) is 4.39 Å². The van der Waals surface area contributed by atoms with Gasteiger partial charge >= 0.3 is 0 Å². The van der Waals surface area contributed by atoms with E-state index in [0.717, 1.165) is 0 Å². The van der Waals surface area contributed by atoms with E-state index in [9.17, 15) is 4.39 Å². The number of nitrogens with zero attached hydrogens (tertiary/aromatic N) is 1.